The third-order valence-electron chi connectivity index (χ3n) is 4.12. The third kappa shape index (κ3) is 2.68. The topological polar surface area (TPSA) is 53.7 Å². The third-order valence-corrected chi connectivity index (χ3v) is 4.44. The fraction of sp³-hybridized carbons (Fsp3) is 0.571. The first-order chi connectivity index (χ1) is 9.18. The summed E-state index contributed by atoms with van der Waals surface area (Å²) in [5, 5.41) is 0.553. The summed E-state index contributed by atoms with van der Waals surface area (Å²) in [5.41, 5.74) is 6.34. The second-order valence-electron chi connectivity index (χ2n) is 6.04. The van der Waals surface area contributed by atoms with Crippen molar-refractivity contribution in [3.8, 4) is 5.75 Å². The number of ether oxygens (including phenoxy) is 1. The normalized spacial score (nSPS) is 21.9. The van der Waals surface area contributed by atoms with E-state index in [0.717, 1.165) is 5.56 Å². The van der Waals surface area contributed by atoms with Crippen LogP contribution in [0.4, 0.5) is 0 Å². The lowest BCUT2D eigenvalue weighted by molar-refractivity contribution is 0.00578. The standard InChI is InChI=1S/C14H21BClNO3/c1-13(2)14(3,4)20-15(19-13)12(17)9-6-7-10(16)11(8-9)18-5/h6-8,12H,17H2,1-5H3/t12-/m1/s1. The molecule has 110 valence electrons. The molecule has 20 heavy (non-hydrogen) atoms. The Kier molecular flexibility index (Phi) is 4.09. The number of hydrogen-bond donors (Lipinski definition) is 1. The van der Waals surface area contributed by atoms with Gasteiger partial charge < -0.3 is 19.8 Å². The molecule has 0 unspecified atom stereocenters. The van der Waals surface area contributed by atoms with Crippen molar-refractivity contribution in [2.75, 3.05) is 7.11 Å². The van der Waals surface area contributed by atoms with Crippen molar-refractivity contribution in [3.05, 3.63) is 28.8 Å². The summed E-state index contributed by atoms with van der Waals surface area (Å²) >= 11 is 6.02. The molecule has 0 amide bonds. The Bertz CT molecular complexity index is 491. The van der Waals surface area contributed by atoms with E-state index < -0.39 is 24.3 Å². The smallest absolute Gasteiger partial charge is 0.480 e. The molecule has 2 rings (SSSR count). The fourth-order valence-corrected chi connectivity index (χ4v) is 2.27. The highest BCUT2D eigenvalue weighted by molar-refractivity contribution is 6.47. The maximum atomic E-state index is 6.27. The molecule has 1 aromatic rings. The largest absolute Gasteiger partial charge is 0.495 e. The van der Waals surface area contributed by atoms with Crippen LogP contribution < -0.4 is 10.5 Å². The molecular formula is C14H21BClNO3. The quantitative estimate of drug-likeness (QED) is 0.872. The van der Waals surface area contributed by atoms with Crippen LogP contribution in [-0.4, -0.2) is 25.4 Å². The van der Waals surface area contributed by atoms with Gasteiger partial charge in [-0.2, -0.15) is 0 Å². The van der Waals surface area contributed by atoms with Gasteiger partial charge in [-0.05, 0) is 45.4 Å². The molecule has 0 aliphatic carbocycles. The Morgan fingerprint density at radius 2 is 1.75 bits per heavy atom. The predicted octanol–water partition coefficient (Wildman–Crippen LogP) is 2.98. The van der Waals surface area contributed by atoms with E-state index in [4.69, 9.17) is 31.4 Å². The number of benzene rings is 1. The highest BCUT2D eigenvalue weighted by Gasteiger charge is 2.53. The molecule has 0 aromatic heterocycles. The summed E-state index contributed by atoms with van der Waals surface area (Å²) in [4.78, 5) is 0. The van der Waals surface area contributed by atoms with Crippen LogP contribution in [0.1, 0.15) is 39.2 Å². The molecule has 2 N–H and O–H groups in total. The molecule has 1 atom stereocenters. The van der Waals surface area contributed by atoms with Gasteiger partial charge in [0.15, 0.2) is 0 Å². The predicted molar refractivity (Wildman–Crippen MR) is 81.0 cm³/mol. The molecule has 1 saturated heterocycles. The summed E-state index contributed by atoms with van der Waals surface area (Å²) in [5.74, 6) is 0.193. The zero-order chi connectivity index (χ0) is 15.1. The second kappa shape index (κ2) is 5.22. The molecule has 0 spiro atoms. The van der Waals surface area contributed by atoms with Gasteiger partial charge in [0.2, 0.25) is 0 Å². The SMILES string of the molecule is COc1cc([C@@H](N)B2OC(C)(C)C(C)(C)O2)ccc1Cl. The minimum atomic E-state index is -0.495. The monoisotopic (exact) mass is 297 g/mol. The van der Waals surface area contributed by atoms with Gasteiger partial charge in [-0.3, -0.25) is 0 Å². The summed E-state index contributed by atoms with van der Waals surface area (Å²) in [7, 11) is 1.08. The van der Waals surface area contributed by atoms with Gasteiger partial charge >= 0.3 is 7.12 Å². The molecule has 0 bridgehead atoms. The van der Waals surface area contributed by atoms with Crippen molar-refractivity contribution in [2.45, 2.75) is 44.8 Å². The van der Waals surface area contributed by atoms with Gasteiger partial charge in [0.1, 0.15) is 5.75 Å². The van der Waals surface area contributed by atoms with Crippen molar-refractivity contribution in [1.82, 2.24) is 0 Å². The van der Waals surface area contributed by atoms with E-state index in [2.05, 4.69) is 0 Å². The number of nitrogens with two attached hydrogens (primary N) is 1. The Hall–Kier alpha value is -0.745. The van der Waals surface area contributed by atoms with Gasteiger partial charge in [0, 0.05) is 0 Å². The van der Waals surface area contributed by atoms with E-state index in [1.807, 2.05) is 39.8 Å². The lowest BCUT2D eigenvalue weighted by atomic mass is 9.75. The summed E-state index contributed by atoms with van der Waals surface area (Å²) < 4.78 is 17.1. The fourth-order valence-electron chi connectivity index (χ4n) is 2.08. The second-order valence-corrected chi connectivity index (χ2v) is 6.45. The Balaban J connectivity index is 2.23. The molecule has 4 nitrogen and oxygen atoms in total. The number of rotatable bonds is 3. The van der Waals surface area contributed by atoms with E-state index in [1.54, 1.807) is 13.2 Å². The van der Waals surface area contributed by atoms with Gasteiger partial charge in [0.25, 0.3) is 0 Å². The number of hydrogen-bond acceptors (Lipinski definition) is 4. The van der Waals surface area contributed by atoms with Gasteiger partial charge in [-0.25, -0.2) is 0 Å². The maximum absolute atomic E-state index is 6.27. The van der Waals surface area contributed by atoms with E-state index in [9.17, 15) is 0 Å². The Morgan fingerprint density at radius 3 is 2.25 bits per heavy atom. The Labute approximate surface area is 125 Å². The highest BCUT2D eigenvalue weighted by atomic mass is 35.5. The summed E-state index contributed by atoms with van der Waals surface area (Å²) in [6.45, 7) is 8.01. The molecule has 1 aliphatic rings. The van der Waals surface area contributed by atoms with Crippen LogP contribution in [0, 0.1) is 0 Å². The number of methoxy groups -OCH3 is 1. The van der Waals surface area contributed by atoms with Crippen LogP contribution in [0.3, 0.4) is 0 Å². The summed E-state index contributed by atoms with van der Waals surface area (Å²) in [6.07, 6.45) is 0. The molecular weight excluding hydrogens is 276 g/mol. The van der Waals surface area contributed by atoms with E-state index in [1.165, 1.54) is 0 Å². The summed E-state index contributed by atoms with van der Waals surface area (Å²) in [6, 6.07) is 5.44. The average Bonchev–Trinajstić information content (AvgIpc) is 2.58. The van der Waals surface area contributed by atoms with Crippen molar-refractivity contribution >= 4 is 18.7 Å². The first-order valence-corrected chi connectivity index (χ1v) is 7.00. The average molecular weight is 298 g/mol. The first-order valence-electron chi connectivity index (χ1n) is 6.62. The zero-order valence-corrected chi connectivity index (χ0v) is 13.3. The van der Waals surface area contributed by atoms with Crippen LogP contribution in [0.2, 0.25) is 5.02 Å². The molecule has 0 saturated carbocycles. The van der Waals surface area contributed by atoms with Crippen LogP contribution in [0.25, 0.3) is 0 Å². The Morgan fingerprint density at radius 1 is 1.20 bits per heavy atom. The van der Waals surface area contributed by atoms with Crippen molar-refractivity contribution in [2.24, 2.45) is 5.73 Å². The maximum Gasteiger partial charge on any atom is 0.480 e. The van der Waals surface area contributed by atoms with Crippen molar-refractivity contribution in [3.63, 3.8) is 0 Å². The molecule has 0 radical (unpaired) electrons. The van der Waals surface area contributed by atoms with Crippen LogP contribution in [0.5, 0.6) is 5.75 Å². The van der Waals surface area contributed by atoms with Gasteiger partial charge in [-0.1, -0.05) is 17.7 Å². The van der Waals surface area contributed by atoms with E-state index >= 15 is 0 Å². The zero-order valence-electron chi connectivity index (χ0n) is 12.6. The molecule has 1 fully saturated rings. The van der Waals surface area contributed by atoms with Crippen molar-refractivity contribution < 1.29 is 14.0 Å². The first kappa shape index (κ1) is 15.6. The highest BCUT2D eigenvalue weighted by Crippen LogP contribution is 2.40. The molecule has 1 heterocycles. The molecule has 1 aromatic carbocycles. The van der Waals surface area contributed by atoms with Crippen LogP contribution >= 0.6 is 11.6 Å². The van der Waals surface area contributed by atoms with Gasteiger partial charge in [0.05, 0.1) is 29.3 Å². The van der Waals surface area contributed by atoms with E-state index in [0.29, 0.717) is 10.8 Å². The lowest BCUT2D eigenvalue weighted by Gasteiger charge is -2.32. The minimum Gasteiger partial charge on any atom is -0.495 e. The molecule has 1 aliphatic heterocycles. The van der Waals surface area contributed by atoms with Crippen molar-refractivity contribution in [1.29, 1.82) is 0 Å². The van der Waals surface area contributed by atoms with Crippen LogP contribution in [0.15, 0.2) is 18.2 Å². The van der Waals surface area contributed by atoms with Gasteiger partial charge in [-0.15, -0.1) is 0 Å². The number of halogens is 1. The van der Waals surface area contributed by atoms with Crippen LogP contribution in [-0.2, 0) is 9.31 Å². The van der Waals surface area contributed by atoms with E-state index in [-0.39, 0.29) is 0 Å². The lowest BCUT2D eigenvalue weighted by Crippen LogP contribution is -2.41. The molecule has 6 heteroatoms. The minimum absolute atomic E-state index is 0.397.